The van der Waals surface area contributed by atoms with Gasteiger partial charge in [0.2, 0.25) is 5.91 Å². The quantitative estimate of drug-likeness (QED) is 0.891. The van der Waals surface area contributed by atoms with Crippen LogP contribution >= 0.6 is 11.3 Å². The van der Waals surface area contributed by atoms with Gasteiger partial charge < -0.3 is 10.4 Å². The van der Waals surface area contributed by atoms with Crippen molar-refractivity contribution in [1.29, 1.82) is 0 Å². The van der Waals surface area contributed by atoms with Gasteiger partial charge in [-0.25, -0.2) is 0 Å². The normalized spacial score (nSPS) is 23.0. The van der Waals surface area contributed by atoms with Crippen LogP contribution in [0.4, 0.5) is 0 Å². The Kier molecular flexibility index (Phi) is 4.58. The van der Waals surface area contributed by atoms with E-state index in [1.54, 1.807) is 11.3 Å². The first-order valence-corrected chi connectivity index (χ1v) is 7.56. The molecule has 0 saturated heterocycles. The molecule has 1 saturated carbocycles. The van der Waals surface area contributed by atoms with E-state index < -0.39 is 11.9 Å². The van der Waals surface area contributed by atoms with Gasteiger partial charge in [0.25, 0.3) is 0 Å². The Morgan fingerprint density at radius 3 is 2.58 bits per heavy atom. The van der Waals surface area contributed by atoms with Gasteiger partial charge in [0.15, 0.2) is 0 Å². The lowest BCUT2D eigenvalue weighted by Gasteiger charge is -2.27. The summed E-state index contributed by atoms with van der Waals surface area (Å²) in [7, 11) is 0. The molecule has 0 aliphatic heterocycles. The van der Waals surface area contributed by atoms with Crippen LogP contribution in [0, 0.1) is 18.8 Å². The summed E-state index contributed by atoms with van der Waals surface area (Å²) < 4.78 is 0. The van der Waals surface area contributed by atoms with Gasteiger partial charge in [-0.3, -0.25) is 9.59 Å². The molecule has 4 nitrogen and oxygen atoms in total. The van der Waals surface area contributed by atoms with Crippen molar-refractivity contribution >= 4 is 23.2 Å². The van der Waals surface area contributed by atoms with Gasteiger partial charge in [-0.2, -0.15) is 11.3 Å². The lowest BCUT2D eigenvalue weighted by molar-refractivity contribution is -0.148. The maximum atomic E-state index is 12.1. The number of thiophene rings is 1. The smallest absolute Gasteiger partial charge is 0.307 e. The number of aryl methyl sites for hydroxylation is 1. The molecule has 104 valence electrons. The van der Waals surface area contributed by atoms with E-state index in [-0.39, 0.29) is 11.8 Å². The standard InChI is InChI=1S/C14H19NO3S/c1-9-7-19-8-10(9)6-15-13(16)11-4-2-3-5-12(11)14(17)18/h7-8,11-12H,2-6H2,1H3,(H,15,16)(H,17,18). The zero-order valence-corrected chi connectivity index (χ0v) is 11.8. The average molecular weight is 281 g/mol. The molecule has 0 spiro atoms. The second kappa shape index (κ2) is 6.19. The maximum absolute atomic E-state index is 12.1. The summed E-state index contributed by atoms with van der Waals surface area (Å²) in [5.41, 5.74) is 2.28. The second-order valence-electron chi connectivity index (χ2n) is 5.13. The molecule has 1 aliphatic carbocycles. The number of hydrogen-bond donors (Lipinski definition) is 2. The Bertz CT molecular complexity index is 469. The van der Waals surface area contributed by atoms with Crippen LogP contribution in [0.15, 0.2) is 10.8 Å². The Morgan fingerprint density at radius 1 is 1.32 bits per heavy atom. The molecule has 0 bridgehead atoms. The highest BCUT2D eigenvalue weighted by Gasteiger charge is 2.35. The Labute approximate surface area is 116 Å². The number of carboxylic acids is 1. The molecular formula is C14H19NO3S. The van der Waals surface area contributed by atoms with Crippen molar-refractivity contribution in [2.24, 2.45) is 11.8 Å². The first kappa shape index (κ1) is 14.1. The van der Waals surface area contributed by atoms with Gasteiger partial charge in [0, 0.05) is 6.54 Å². The van der Waals surface area contributed by atoms with Crippen molar-refractivity contribution in [3.63, 3.8) is 0 Å². The van der Waals surface area contributed by atoms with E-state index >= 15 is 0 Å². The summed E-state index contributed by atoms with van der Waals surface area (Å²) >= 11 is 1.61. The summed E-state index contributed by atoms with van der Waals surface area (Å²) in [6, 6.07) is 0. The van der Waals surface area contributed by atoms with Crippen LogP contribution in [-0.4, -0.2) is 17.0 Å². The third kappa shape index (κ3) is 3.35. The molecule has 0 radical (unpaired) electrons. The number of hydrogen-bond acceptors (Lipinski definition) is 3. The van der Waals surface area contributed by atoms with Crippen LogP contribution in [0.2, 0.25) is 0 Å². The molecule has 1 aromatic heterocycles. The zero-order valence-electron chi connectivity index (χ0n) is 11.0. The number of carbonyl (C=O) groups is 2. The highest BCUT2D eigenvalue weighted by molar-refractivity contribution is 7.08. The van der Waals surface area contributed by atoms with Crippen molar-refractivity contribution in [3.8, 4) is 0 Å². The van der Waals surface area contributed by atoms with Crippen molar-refractivity contribution in [2.75, 3.05) is 0 Å². The Balaban J connectivity index is 1.94. The van der Waals surface area contributed by atoms with E-state index in [4.69, 9.17) is 0 Å². The van der Waals surface area contributed by atoms with Crippen LogP contribution in [0.25, 0.3) is 0 Å². The van der Waals surface area contributed by atoms with Crippen LogP contribution < -0.4 is 5.32 Å². The number of aliphatic carboxylic acids is 1. The predicted molar refractivity (Wildman–Crippen MR) is 74.0 cm³/mol. The van der Waals surface area contributed by atoms with E-state index in [0.29, 0.717) is 19.4 Å². The molecule has 1 heterocycles. The topological polar surface area (TPSA) is 66.4 Å². The van der Waals surface area contributed by atoms with E-state index in [1.807, 2.05) is 17.7 Å². The molecule has 1 aliphatic rings. The molecule has 2 atom stereocenters. The molecule has 1 aromatic rings. The van der Waals surface area contributed by atoms with Gasteiger partial charge >= 0.3 is 5.97 Å². The van der Waals surface area contributed by atoms with E-state index in [0.717, 1.165) is 18.4 Å². The third-order valence-electron chi connectivity index (χ3n) is 3.83. The van der Waals surface area contributed by atoms with Crippen molar-refractivity contribution in [2.45, 2.75) is 39.2 Å². The third-order valence-corrected chi connectivity index (χ3v) is 4.74. The van der Waals surface area contributed by atoms with Crippen molar-refractivity contribution in [1.82, 2.24) is 5.32 Å². The van der Waals surface area contributed by atoms with Crippen LogP contribution in [0.3, 0.4) is 0 Å². The molecule has 2 unspecified atom stereocenters. The molecule has 2 rings (SSSR count). The number of rotatable bonds is 4. The molecule has 19 heavy (non-hydrogen) atoms. The van der Waals surface area contributed by atoms with Crippen LogP contribution in [0.5, 0.6) is 0 Å². The molecule has 2 N–H and O–H groups in total. The fourth-order valence-electron chi connectivity index (χ4n) is 2.62. The molecular weight excluding hydrogens is 262 g/mol. The van der Waals surface area contributed by atoms with Gasteiger partial charge in [0.05, 0.1) is 11.8 Å². The minimum Gasteiger partial charge on any atom is -0.481 e. The highest BCUT2D eigenvalue weighted by Crippen LogP contribution is 2.30. The van der Waals surface area contributed by atoms with Crippen LogP contribution in [0.1, 0.15) is 36.8 Å². The summed E-state index contributed by atoms with van der Waals surface area (Å²) in [4.78, 5) is 23.3. The van der Waals surface area contributed by atoms with Gasteiger partial charge in [-0.1, -0.05) is 12.8 Å². The van der Waals surface area contributed by atoms with E-state index in [1.165, 1.54) is 5.56 Å². The fourth-order valence-corrected chi connectivity index (χ4v) is 3.48. The van der Waals surface area contributed by atoms with Crippen molar-refractivity contribution < 1.29 is 14.7 Å². The summed E-state index contributed by atoms with van der Waals surface area (Å²) in [5.74, 6) is -1.84. The van der Waals surface area contributed by atoms with Gasteiger partial charge in [-0.05, 0) is 41.7 Å². The van der Waals surface area contributed by atoms with Crippen molar-refractivity contribution in [3.05, 3.63) is 21.9 Å². The fraction of sp³-hybridized carbons (Fsp3) is 0.571. The lowest BCUT2D eigenvalue weighted by atomic mass is 9.78. The Morgan fingerprint density at radius 2 is 2.00 bits per heavy atom. The second-order valence-corrected chi connectivity index (χ2v) is 5.88. The molecule has 0 aromatic carbocycles. The Hall–Kier alpha value is -1.36. The number of amides is 1. The largest absolute Gasteiger partial charge is 0.481 e. The molecule has 1 fully saturated rings. The minimum atomic E-state index is -0.841. The average Bonchev–Trinajstić information content (AvgIpc) is 2.81. The SMILES string of the molecule is Cc1cscc1CNC(=O)C1CCCCC1C(=O)O. The lowest BCUT2D eigenvalue weighted by Crippen LogP contribution is -2.39. The number of nitrogens with one attached hydrogen (secondary N) is 1. The first-order valence-electron chi connectivity index (χ1n) is 6.61. The summed E-state index contributed by atoms with van der Waals surface area (Å²) in [5, 5.41) is 16.1. The predicted octanol–water partition coefficient (Wildman–Crippen LogP) is 2.56. The van der Waals surface area contributed by atoms with Crippen LogP contribution in [-0.2, 0) is 16.1 Å². The summed E-state index contributed by atoms with van der Waals surface area (Å²) in [6.07, 6.45) is 3.15. The highest BCUT2D eigenvalue weighted by atomic mass is 32.1. The number of carboxylic acid groups (broad SMARTS) is 1. The maximum Gasteiger partial charge on any atom is 0.307 e. The monoisotopic (exact) mass is 281 g/mol. The molecule has 5 heteroatoms. The van der Waals surface area contributed by atoms with E-state index in [9.17, 15) is 14.7 Å². The molecule has 1 amide bonds. The summed E-state index contributed by atoms with van der Waals surface area (Å²) in [6.45, 7) is 2.51. The zero-order chi connectivity index (χ0) is 13.8. The van der Waals surface area contributed by atoms with Gasteiger partial charge in [0.1, 0.15) is 0 Å². The van der Waals surface area contributed by atoms with Gasteiger partial charge in [-0.15, -0.1) is 0 Å². The minimum absolute atomic E-state index is 0.113. The first-order chi connectivity index (χ1) is 9.09. The van der Waals surface area contributed by atoms with E-state index in [2.05, 4.69) is 5.32 Å². The number of carbonyl (C=O) groups excluding carboxylic acids is 1.